The number of halogens is 5. The van der Waals surface area contributed by atoms with Gasteiger partial charge in [-0.2, -0.15) is 0 Å². The zero-order chi connectivity index (χ0) is 21.0. The van der Waals surface area contributed by atoms with Gasteiger partial charge in [0.1, 0.15) is 18.2 Å². The van der Waals surface area contributed by atoms with Gasteiger partial charge in [-0.15, -0.1) is 0 Å². The predicted molar refractivity (Wildman–Crippen MR) is 97.6 cm³/mol. The Morgan fingerprint density at radius 3 is 2.61 bits per heavy atom. The van der Waals surface area contributed by atoms with Crippen molar-refractivity contribution in [3.8, 4) is 16.9 Å². The zero-order valence-corrected chi connectivity index (χ0v) is 16.2. The van der Waals surface area contributed by atoms with E-state index in [1.807, 2.05) is 0 Å². The first-order chi connectivity index (χ1) is 13.1. The highest BCUT2D eigenvalue weighted by molar-refractivity contribution is 6.36. The highest BCUT2D eigenvalue weighted by Gasteiger charge is 2.20. The van der Waals surface area contributed by atoms with E-state index in [2.05, 4.69) is 10.3 Å². The Labute approximate surface area is 168 Å². The van der Waals surface area contributed by atoms with Crippen molar-refractivity contribution in [2.45, 2.75) is 19.4 Å². The number of aromatic nitrogens is 1. The molecular weight excluding hydrogens is 422 g/mol. The normalized spacial score (nSPS) is 12.0. The molecule has 0 aliphatic heterocycles. The monoisotopic (exact) mass is 437 g/mol. The Morgan fingerprint density at radius 2 is 2.04 bits per heavy atom. The van der Waals surface area contributed by atoms with E-state index in [1.165, 1.54) is 25.3 Å². The number of alkyl halides is 2. The zero-order valence-electron chi connectivity index (χ0n) is 14.7. The van der Waals surface area contributed by atoms with Crippen molar-refractivity contribution < 1.29 is 27.9 Å². The standard InChI is InChI=1S/C17H16Cl2F3N3O3/c1-8(24-17(26)25(2)27)15-13(20)3-9(6-23-15)11-4-10(18)5-12(19)16(11)28-7-14(21)22/h3-6,8,14,27H,7H2,1-2H3,(H,24,26)/t8-/m1/s1. The maximum absolute atomic E-state index is 14.6. The molecule has 0 bridgehead atoms. The third-order valence-corrected chi connectivity index (χ3v) is 4.09. The summed E-state index contributed by atoms with van der Waals surface area (Å²) in [5.41, 5.74) is 0.276. The van der Waals surface area contributed by atoms with Crippen LogP contribution >= 0.6 is 23.2 Å². The summed E-state index contributed by atoms with van der Waals surface area (Å²) in [6.07, 6.45) is -1.47. The van der Waals surface area contributed by atoms with E-state index in [4.69, 9.17) is 33.1 Å². The van der Waals surface area contributed by atoms with Gasteiger partial charge in [0.2, 0.25) is 0 Å². The van der Waals surface area contributed by atoms with Gasteiger partial charge in [-0.1, -0.05) is 23.2 Å². The fourth-order valence-electron chi connectivity index (χ4n) is 2.33. The minimum absolute atomic E-state index is 0.0146. The van der Waals surface area contributed by atoms with Crippen LogP contribution in [0.5, 0.6) is 5.75 Å². The molecule has 0 aliphatic carbocycles. The lowest BCUT2D eigenvalue weighted by Gasteiger charge is -2.18. The number of benzene rings is 1. The number of pyridine rings is 1. The van der Waals surface area contributed by atoms with Crippen molar-refractivity contribution in [3.05, 3.63) is 46.0 Å². The summed E-state index contributed by atoms with van der Waals surface area (Å²) in [6.45, 7) is 0.569. The molecule has 0 fully saturated rings. The molecule has 0 saturated heterocycles. The van der Waals surface area contributed by atoms with E-state index in [9.17, 15) is 18.0 Å². The van der Waals surface area contributed by atoms with Gasteiger partial charge in [-0.05, 0) is 25.1 Å². The van der Waals surface area contributed by atoms with Crippen LogP contribution in [0.2, 0.25) is 10.0 Å². The minimum atomic E-state index is -2.73. The van der Waals surface area contributed by atoms with Gasteiger partial charge in [-0.3, -0.25) is 10.2 Å². The third-order valence-electron chi connectivity index (χ3n) is 3.59. The number of nitrogens with one attached hydrogen (secondary N) is 1. The SMILES string of the molecule is C[C@@H](NC(=O)N(C)O)c1ncc(-c2cc(Cl)cc(Cl)c2OCC(F)F)cc1F. The number of amides is 2. The summed E-state index contributed by atoms with van der Waals surface area (Å²) in [6, 6.07) is 2.09. The molecule has 0 spiro atoms. The van der Waals surface area contributed by atoms with Gasteiger partial charge in [-0.25, -0.2) is 23.0 Å². The number of ether oxygens (including phenoxy) is 1. The summed E-state index contributed by atoms with van der Waals surface area (Å²) in [4.78, 5) is 15.5. The highest BCUT2D eigenvalue weighted by Crippen LogP contribution is 2.39. The maximum Gasteiger partial charge on any atom is 0.341 e. The quantitative estimate of drug-likeness (QED) is 0.496. The lowest BCUT2D eigenvalue weighted by atomic mass is 10.0. The van der Waals surface area contributed by atoms with Crippen molar-refractivity contribution in [3.63, 3.8) is 0 Å². The van der Waals surface area contributed by atoms with E-state index < -0.39 is 30.9 Å². The summed E-state index contributed by atoms with van der Waals surface area (Å²) in [5.74, 6) is -0.856. The molecule has 0 aliphatic rings. The number of hydrogen-bond donors (Lipinski definition) is 2. The van der Waals surface area contributed by atoms with E-state index in [1.54, 1.807) is 0 Å². The van der Waals surface area contributed by atoms with Gasteiger partial charge in [0.25, 0.3) is 6.43 Å². The van der Waals surface area contributed by atoms with Gasteiger partial charge >= 0.3 is 6.03 Å². The average molecular weight is 438 g/mol. The molecule has 1 heterocycles. The smallest absolute Gasteiger partial charge is 0.341 e. The van der Waals surface area contributed by atoms with Crippen LogP contribution in [0.3, 0.4) is 0 Å². The Morgan fingerprint density at radius 1 is 1.36 bits per heavy atom. The van der Waals surface area contributed by atoms with Crippen molar-refractivity contribution in [2.24, 2.45) is 0 Å². The number of urea groups is 1. The summed E-state index contributed by atoms with van der Waals surface area (Å²) in [5, 5.41) is 11.9. The van der Waals surface area contributed by atoms with Crippen LogP contribution in [-0.4, -0.2) is 41.4 Å². The highest BCUT2D eigenvalue weighted by atomic mass is 35.5. The first kappa shape index (κ1) is 22.1. The predicted octanol–water partition coefficient (Wildman–Crippen LogP) is 4.93. The van der Waals surface area contributed by atoms with Crippen molar-refractivity contribution in [1.29, 1.82) is 0 Å². The first-order valence-electron chi connectivity index (χ1n) is 7.89. The molecule has 1 aromatic carbocycles. The Kier molecular flexibility index (Phi) is 7.34. The minimum Gasteiger partial charge on any atom is -0.485 e. The maximum atomic E-state index is 14.6. The Bertz CT molecular complexity index is 869. The van der Waals surface area contributed by atoms with E-state index in [0.717, 1.165) is 13.1 Å². The van der Waals surface area contributed by atoms with Crippen molar-refractivity contribution in [1.82, 2.24) is 15.4 Å². The summed E-state index contributed by atoms with van der Waals surface area (Å²) < 4.78 is 44.6. The fourth-order valence-corrected chi connectivity index (χ4v) is 2.88. The summed E-state index contributed by atoms with van der Waals surface area (Å²) >= 11 is 12.0. The van der Waals surface area contributed by atoms with Crippen LogP contribution in [0.1, 0.15) is 18.7 Å². The van der Waals surface area contributed by atoms with Crippen molar-refractivity contribution >= 4 is 29.2 Å². The molecule has 152 valence electrons. The molecule has 28 heavy (non-hydrogen) atoms. The third kappa shape index (κ3) is 5.40. The van der Waals surface area contributed by atoms with E-state index >= 15 is 0 Å². The molecule has 2 rings (SSSR count). The van der Waals surface area contributed by atoms with Gasteiger partial charge < -0.3 is 10.1 Å². The first-order valence-corrected chi connectivity index (χ1v) is 8.64. The molecule has 0 saturated carbocycles. The number of hydroxylamine groups is 2. The average Bonchev–Trinajstić information content (AvgIpc) is 2.59. The van der Waals surface area contributed by atoms with Crippen molar-refractivity contribution in [2.75, 3.05) is 13.7 Å². The molecule has 2 aromatic rings. The lowest BCUT2D eigenvalue weighted by Crippen LogP contribution is -2.37. The summed E-state index contributed by atoms with van der Waals surface area (Å²) in [7, 11) is 1.11. The van der Waals surface area contributed by atoms with Crippen LogP contribution in [0.4, 0.5) is 18.0 Å². The van der Waals surface area contributed by atoms with Gasteiger partial charge in [0, 0.05) is 29.4 Å². The number of hydrogen-bond acceptors (Lipinski definition) is 4. The van der Waals surface area contributed by atoms with E-state index in [-0.39, 0.29) is 32.6 Å². The number of nitrogens with zero attached hydrogens (tertiary/aromatic N) is 2. The van der Waals surface area contributed by atoms with Crippen LogP contribution < -0.4 is 10.1 Å². The number of rotatable bonds is 6. The lowest BCUT2D eigenvalue weighted by molar-refractivity contribution is -0.0193. The van der Waals surface area contributed by atoms with Crippen LogP contribution in [0.25, 0.3) is 11.1 Å². The molecule has 2 amide bonds. The molecule has 0 radical (unpaired) electrons. The Balaban J connectivity index is 2.39. The van der Waals surface area contributed by atoms with E-state index in [0.29, 0.717) is 5.06 Å². The molecule has 6 nitrogen and oxygen atoms in total. The molecule has 11 heteroatoms. The molecular formula is C17H16Cl2F3N3O3. The molecule has 1 atom stereocenters. The number of carbonyl (C=O) groups is 1. The topological polar surface area (TPSA) is 74.7 Å². The largest absolute Gasteiger partial charge is 0.485 e. The molecule has 1 aromatic heterocycles. The molecule has 2 N–H and O–H groups in total. The second kappa shape index (κ2) is 9.31. The van der Waals surface area contributed by atoms with Crippen LogP contribution in [0.15, 0.2) is 24.4 Å². The molecule has 0 unspecified atom stereocenters. The fraction of sp³-hybridized carbons (Fsp3) is 0.294. The second-order valence-electron chi connectivity index (χ2n) is 5.75. The van der Waals surface area contributed by atoms with Crippen LogP contribution in [-0.2, 0) is 0 Å². The van der Waals surface area contributed by atoms with Gasteiger partial charge in [0.15, 0.2) is 0 Å². The van der Waals surface area contributed by atoms with Crippen LogP contribution in [0, 0.1) is 5.82 Å². The second-order valence-corrected chi connectivity index (χ2v) is 6.60. The van der Waals surface area contributed by atoms with Gasteiger partial charge in [0.05, 0.1) is 16.8 Å². The Hall–Kier alpha value is -2.23. The number of carbonyl (C=O) groups excluding carboxylic acids is 1.